The SMILES string of the molecule is O=C(Nc1ccc(Cl)c(Cl)c1)c1cn[nH]c1S(=O)(=O)Nc1ccccc1. The van der Waals surface area contributed by atoms with E-state index in [-0.39, 0.29) is 15.6 Å². The molecule has 0 radical (unpaired) electrons. The molecule has 0 spiro atoms. The van der Waals surface area contributed by atoms with Crippen molar-refractivity contribution in [3.8, 4) is 0 Å². The molecule has 1 aromatic heterocycles. The number of aromatic nitrogens is 2. The van der Waals surface area contributed by atoms with Crippen LogP contribution in [0.4, 0.5) is 11.4 Å². The Morgan fingerprint density at radius 1 is 1.00 bits per heavy atom. The largest absolute Gasteiger partial charge is 0.322 e. The lowest BCUT2D eigenvalue weighted by atomic mass is 10.3. The van der Waals surface area contributed by atoms with E-state index >= 15 is 0 Å². The Morgan fingerprint density at radius 2 is 1.73 bits per heavy atom. The van der Waals surface area contributed by atoms with Crippen LogP contribution in [0.15, 0.2) is 59.8 Å². The van der Waals surface area contributed by atoms with Crippen molar-refractivity contribution in [3.05, 3.63) is 70.3 Å². The zero-order valence-electron chi connectivity index (χ0n) is 13.0. The minimum atomic E-state index is -4.03. The number of halogens is 2. The van der Waals surface area contributed by atoms with Crippen LogP contribution in [0.3, 0.4) is 0 Å². The van der Waals surface area contributed by atoms with E-state index in [0.717, 1.165) is 6.20 Å². The standard InChI is InChI=1S/C16H12Cl2N4O3S/c17-13-7-6-11(8-14(13)18)20-15(23)12-9-19-21-16(12)26(24,25)22-10-4-2-1-3-5-10/h1-9,22H,(H,19,21)(H,20,23). The van der Waals surface area contributed by atoms with Crippen molar-refractivity contribution in [2.45, 2.75) is 5.03 Å². The minimum Gasteiger partial charge on any atom is -0.322 e. The topological polar surface area (TPSA) is 104 Å². The molecule has 0 saturated heterocycles. The normalized spacial score (nSPS) is 11.2. The smallest absolute Gasteiger partial charge is 0.279 e. The fourth-order valence-electron chi connectivity index (χ4n) is 2.13. The summed E-state index contributed by atoms with van der Waals surface area (Å²) in [5, 5.41) is 8.82. The quantitative estimate of drug-likeness (QED) is 0.595. The number of rotatable bonds is 5. The molecule has 0 aliphatic heterocycles. The molecule has 10 heteroatoms. The predicted molar refractivity (Wildman–Crippen MR) is 100 cm³/mol. The van der Waals surface area contributed by atoms with E-state index in [1.807, 2.05) is 0 Å². The van der Waals surface area contributed by atoms with Crippen LogP contribution in [-0.4, -0.2) is 24.5 Å². The number of amides is 1. The van der Waals surface area contributed by atoms with Crippen molar-refractivity contribution >= 4 is 50.5 Å². The number of anilines is 2. The first-order valence-electron chi connectivity index (χ1n) is 7.24. The van der Waals surface area contributed by atoms with Gasteiger partial charge in [0.05, 0.1) is 21.8 Å². The summed E-state index contributed by atoms with van der Waals surface area (Å²) in [4.78, 5) is 12.5. The molecular formula is C16H12Cl2N4O3S. The maximum Gasteiger partial charge on any atom is 0.279 e. The van der Waals surface area contributed by atoms with Gasteiger partial charge in [-0.15, -0.1) is 0 Å². The van der Waals surface area contributed by atoms with Crippen molar-refractivity contribution in [1.29, 1.82) is 0 Å². The zero-order chi connectivity index (χ0) is 18.7. The number of sulfonamides is 1. The fraction of sp³-hybridized carbons (Fsp3) is 0. The first-order chi connectivity index (χ1) is 12.4. The van der Waals surface area contributed by atoms with Gasteiger partial charge in [-0.3, -0.25) is 14.6 Å². The van der Waals surface area contributed by atoms with Gasteiger partial charge in [0, 0.05) is 11.4 Å². The average molecular weight is 411 g/mol. The number of hydrogen-bond donors (Lipinski definition) is 3. The van der Waals surface area contributed by atoms with E-state index in [1.54, 1.807) is 36.4 Å². The van der Waals surface area contributed by atoms with Gasteiger partial charge in [-0.2, -0.15) is 13.5 Å². The second-order valence-corrected chi connectivity index (χ2v) is 7.60. The molecule has 3 rings (SSSR count). The van der Waals surface area contributed by atoms with E-state index in [2.05, 4.69) is 20.2 Å². The van der Waals surface area contributed by atoms with Gasteiger partial charge in [0.15, 0.2) is 5.03 Å². The highest BCUT2D eigenvalue weighted by Gasteiger charge is 2.25. The third-order valence-corrected chi connectivity index (χ3v) is 5.41. The third-order valence-electron chi connectivity index (χ3n) is 3.32. The summed E-state index contributed by atoms with van der Waals surface area (Å²) in [6.07, 6.45) is 1.13. The van der Waals surface area contributed by atoms with E-state index in [9.17, 15) is 13.2 Å². The summed E-state index contributed by atoms with van der Waals surface area (Å²) >= 11 is 11.7. The van der Waals surface area contributed by atoms with E-state index in [1.165, 1.54) is 12.1 Å². The van der Waals surface area contributed by atoms with Gasteiger partial charge in [0.2, 0.25) is 0 Å². The van der Waals surface area contributed by atoms with E-state index in [0.29, 0.717) is 16.4 Å². The molecule has 0 aliphatic carbocycles. The molecule has 0 atom stereocenters. The first kappa shape index (κ1) is 18.2. The molecule has 134 valence electrons. The van der Waals surface area contributed by atoms with Crippen LogP contribution in [0, 0.1) is 0 Å². The monoisotopic (exact) mass is 410 g/mol. The highest BCUT2D eigenvalue weighted by atomic mass is 35.5. The summed E-state index contributed by atoms with van der Waals surface area (Å²) in [6.45, 7) is 0. The second kappa shape index (κ2) is 7.36. The van der Waals surface area contributed by atoms with Gasteiger partial charge < -0.3 is 5.32 Å². The predicted octanol–water partition coefficient (Wildman–Crippen LogP) is 3.77. The lowest BCUT2D eigenvalue weighted by molar-refractivity contribution is 0.102. The number of nitrogens with one attached hydrogen (secondary N) is 3. The maximum atomic E-state index is 12.5. The molecule has 26 heavy (non-hydrogen) atoms. The fourth-order valence-corrected chi connectivity index (χ4v) is 3.58. The van der Waals surface area contributed by atoms with Gasteiger partial charge in [-0.1, -0.05) is 41.4 Å². The molecule has 0 saturated carbocycles. The Kier molecular flexibility index (Phi) is 5.17. The van der Waals surface area contributed by atoms with Crippen molar-refractivity contribution < 1.29 is 13.2 Å². The number of hydrogen-bond acceptors (Lipinski definition) is 4. The van der Waals surface area contributed by atoms with Crippen LogP contribution in [0.2, 0.25) is 10.0 Å². The Bertz CT molecular complexity index is 1050. The Morgan fingerprint density at radius 3 is 2.42 bits per heavy atom. The summed E-state index contributed by atoms with van der Waals surface area (Å²) in [5.41, 5.74) is 0.586. The molecule has 7 nitrogen and oxygen atoms in total. The minimum absolute atomic E-state index is 0.139. The van der Waals surface area contributed by atoms with Crippen LogP contribution in [0.1, 0.15) is 10.4 Å². The van der Waals surface area contributed by atoms with Crippen LogP contribution in [0.25, 0.3) is 0 Å². The molecule has 1 amide bonds. The number of carbonyl (C=O) groups excluding carboxylic acids is 1. The Balaban J connectivity index is 1.85. The van der Waals surface area contributed by atoms with E-state index in [4.69, 9.17) is 23.2 Å². The van der Waals surface area contributed by atoms with Gasteiger partial charge in [-0.25, -0.2) is 0 Å². The number of carbonyl (C=O) groups is 1. The van der Waals surface area contributed by atoms with Crippen LogP contribution < -0.4 is 10.0 Å². The number of aromatic amines is 1. The van der Waals surface area contributed by atoms with Crippen molar-refractivity contribution in [3.63, 3.8) is 0 Å². The summed E-state index contributed by atoms with van der Waals surface area (Å²) in [6, 6.07) is 12.8. The first-order valence-corrected chi connectivity index (χ1v) is 9.48. The second-order valence-electron chi connectivity index (χ2n) is 5.17. The molecule has 0 fully saturated rings. The van der Waals surface area contributed by atoms with Crippen LogP contribution >= 0.6 is 23.2 Å². The van der Waals surface area contributed by atoms with Crippen molar-refractivity contribution in [2.75, 3.05) is 10.0 Å². The van der Waals surface area contributed by atoms with Gasteiger partial charge in [0.25, 0.3) is 15.9 Å². The zero-order valence-corrected chi connectivity index (χ0v) is 15.4. The van der Waals surface area contributed by atoms with Crippen LogP contribution in [0.5, 0.6) is 0 Å². The highest BCUT2D eigenvalue weighted by Crippen LogP contribution is 2.26. The Hall–Kier alpha value is -2.55. The lowest BCUT2D eigenvalue weighted by Gasteiger charge is -2.09. The molecule has 0 unspecified atom stereocenters. The molecule has 1 heterocycles. The van der Waals surface area contributed by atoms with Crippen LogP contribution in [-0.2, 0) is 10.0 Å². The molecule has 2 aromatic carbocycles. The molecule has 3 N–H and O–H groups in total. The molecule has 0 aliphatic rings. The third kappa shape index (κ3) is 3.98. The number of nitrogens with zero attached hydrogens (tertiary/aromatic N) is 1. The van der Waals surface area contributed by atoms with Crippen molar-refractivity contribution in [2.24, 2.45) is 0 Å². The molecule has 0 bridgehead atoms. The summed E-state index contributed by atoms with van der Waals surface area (Å²) < 4.78 is 27.5. The number of H-pyrrole nitrogens is 1. The van der Waals surface area contributed by atoms with Gasteiger partial charge in [0.1, 0.15) is 0 Å². The highest BCUT2D eigenvalue weighted by molar-refractivity contribution is 7.92. The molecular weight excluding hydrogens is 399 g/mol. The summed E-state index contributed by atoms with van der Waals surface area (Å²) in [7, 11) is -4.03. The van der Waals surface area contributed by atoms with Crippen molar-refractivity contribution in [1.82, 2.24) is 10.2 Å². The lowest BCUT2D eigenvalue weighted by Crippen LogP contribution is -2.19. The van der Waals surface area contributed by atoms with Gasteiger partial charge in [-0.05, 0) is 30.3 Å². The number of benzene rings is 2. The maximum absolute atomic E-state index is 12.5. The summed E-state index contributed by atoms with van der Waals surface area (Å²) in [5.74, 6) is -0.662. The average Bonchev–Trinajstić information content (AvgIpc) is 3.10. The van der Waals surface area contributed by atoms with E-state index < -0.39 is 15.9 Å². The molecule has 3 aromatic rings. The Labute approximate surface area is 159 Å². The number of para-hydroxylation sites is 1. The van der Waals surface area contributed by atoms with Gasteiger partial charge >= 0.3 is 0 Å².